The van der Waals surface area contributed by atoms with Crippen molar-refractivity contribution >= 4 is 10.9 Å². The minimum absolute atomic E-state index is 0.724. The van der Waals surface area contributed by atoms with Gasteiger partial charge in [-0.3, -0.25) is 0 Å². The van der Waals surface area contributed by atoms with Gasteiger partial charge < -0.3 is 14.3 Å². The molecule has 4 nitrogen and oxygen atoms in total. The Hall–Kier alpha value is -2.85. The van der Waals surface area contributed by atoms with E-state index in [4.69, 9.17) is 9.40 Å². The van der Waals surface area contributed by atoms with E-state index in [1.165, 1.54) is 42.4 Å². The number of aromatic amines is 1. The summed E-state index contributed by atoms with van der Waals surface area (Å²) in [6, 6.07) is 17.1. The van der Waals surface area contributed by atoms with Crippen LogP contribution in [0.25, 0.3) is 33.5 Å². The molecular weight excluding hydrogens is 346 g/mol. The number of likely N-dealkylation sites (tertiary alicyclic amines) is 1. The SMILES string of the molecule is Cc1oc(-c2ccc(-c3ccc4[nH]ccc4c3)cc2)nc1CCN1CCCC1. The molecule has 4 heteroatoms. The van der Waals surface area contributed by atoms with E-state index in [-0.39, 0.29) is 0 Å². The van der Waals surface area contributed by atoms with E-state index in [9.17, 15) is 0 Å². The molecule has 0 radical (unpaired) electrons. The summed E-state index contributed by atoms with van der Waals surface area (Å²) in [4.78, 5) is 10.5. The van der Waals surface area contributed by atoms with Crippen molar-refractivity contribution in [1.82, 2.24) is 14.9 Å². The van der Waals surface area contributed by atoms with Gasteiger partial charge in [-0.05, 0) is 79.7 Å². The van der Waals surface area contributed by atoms with Crippen LogP contribution in [-0.2, 0) is 6.42 Å². The number of hydrogen-bond acceptors (Lipinski definition) is 3. The Kier molecular flexibility index (Phi) is 4.49. The lowest BCUT2D eigenvalue weighted by atomic mass is 10.0. The first kappa shape index (κ1) is 17.3. The average molecular weight is 371 g/mol. The Morgan fingerprint density at radius 3 is 2.54 bits per heavy atom. The number of oxazole rings is 1. The molecule has 1 saturated heterocycles. The topological polar surface area (TPSA) is 45.1 Å². The molecule has 1 fully saturated rings. The summed E-state index contributed by atoms with van der Waals surface area (Å²) in [6.07, 6.45) is 5.59. The molecule has 0 unspecified atom stereocenters. The van der Waals surface area contributed by atoms with Crippen molar-refractivity contribution < 1.29 is 4.42 Å². The van der Waals surface area contributed by atoms with Gasteiger partial charge in [0.1, 0.15) is 5.76 Å². The van der Waals surface area contributed by atoms with Crippen molar-refractivity contribution in [2.75, 3.05) is 19.6 Å². The van der Waals surface area contributed by atoms with Crippen molar-refractivity contribution in [1.29, 1.82) is 0 Å². The number of hydrogen-bond donors (Lipinski definition) is 1. The number of H-pyrrole nitrogens is 1. The predicted octanol–water partition coefficient (Wildman–Crippen LogP) is 5.44. The van der Waals surface area contributed by atoms with Crippen LogP contribution in [0, 0.1) is 6.92 Å². The van der Waals surface area contributed by atoms with E-state index in [0.717, 1.165) is 41.4 Å². The molecule has 0 spiro atoms. The molecule has 5 rings (SSSR count). The van der Waals surface area contributed by atoms with Crippen LogP contribution in [0.2, 0.25) is 0 Å². The lowest BCUT2D eigenvalue weighted by Gasteiger charge is -2.12. The lowest BCUT2D eigenvalue weighted by Crippen LogP contribution is -2.22. The molecule has 1 aliphatic heterocycles. The highest BCUT2D eigenvalue weighted by atomic mass is 16.4. The monoisotopic (exact) mass is 371 g/mol. The zero-order valence-corrected chi connectivity index (χ0v) is 16.2. The Balaban J connectivity index is 1.34. The zero-order valence-electron chi connectivity index (χ0n) is 16.2. The van der Waals surface area contributed by atoms with E-state index in [1.54, 1.807) is 0 Å². The summed E-state index contributed by atoms with van der Waals surface area (Å²) in [5.74, 6) is 1.66. The first-order valence-electron chi connectivity index (χ1n) is 10.1. The number of aryl methyl sites for hydroxylation is 1. The summed E-state index contributed by atoms with van der Waals surface area (Å²) < 4.78 is 5.97. The normalized spacial score (nSPS) is 14.9. The number of nitrogens with one attached hydrogen (secondary N) is 1. The summed E-state index contributed by atoms with van der Waals surface area (Å²) in [7, 11) is 0. The minimum atomic E-state index is 0.724. The third kappa shape index (κ3) is 3.36. The van der Waals surface area contributed by atoms with Gasteiger partial charge in [-0.2, -0.15) is 0 Å². The fourth-order valence-corrected chi connectivity index (χ4v) is 4.09. The van der Waals surface area contributed by atoms with Gasteiger partial charge in [0, 0.05) is 30.2 Å². The molecule has 0 bridgehead atoms. The molecule has 4 aromatic rings. The van der Waals surface area contributed by atoms with Gasteiger partial charge >= 0.3 is 0 Å². The van der Waals surface area contributed by atoms with Crippen LogP contribution in [-0.4, -0.2) is 34.5 Å². The maximum absolute atomic E-state index is 5.97. The maximum atomic E-state index is 5.97. The summed E-state index contributed by atoms with van der Waals surface area (Å²) in [5, 5.41) is 1.23. The summed E-state index contributed by atoms with van der Waals surface area (Å²) >= 11 is 0. The lowest BCUT2D eigenvalue weighted by molar-refractivity contribution is 0.341. The zero-order chi connectivity index (χ0) is 18.9. The molecule has 1 N–H and O–H groups in total. The molecule has 2 aromatic carbocycles. The van der Waals surface area contributed by atoms with Crippen LogP contribution in [0.5, 0.6) is 0 Å². The summed E-state index contributed by atoms with van der Waals surface area (Å²) in [6.45, 7) is 5.54. The Labute approximate surface area is 165 Å². The standard InChI is InChI=1S/C24H25N3O/c1-17-22(11-15-27-13-2-3-14-27)26-24(28-17)19-6-4-18(5-7-19)20-8-9-23-21(16-20)10-12-25-23/h4-10,12,16,25H,2-3,11,13-15H2,1H3. The van der Waals surface area contributed by atoms with Gasteiger partial charge in [0.15, 0.2) is 0 Å². The summed E-state index contributed by atoms with van der Waals surface area (Å²) in [5.41, 5.74) is 5.70. The predicted molar refractivity (Wildman–Crippen MR) is 113 cm³/mol. The van der Waals surface area contributed by atoms with E-state index in [1.807, 2.05) is 13.1 Å². The van der Waals surface area contributed by atoms with Gasteiger partial charge in [-0.1, -0.05) is 18.2 Å². The van der Waals surface area contributed by atoms with Gasteiger partial charge in [-0.25, -0.2) is 4.98 Å². The van der Waals surface area contributed by atoms with E-state index < -0.39 is 0 Å². The third-order valence-corrected chi connectivity index (χ3v) is 5.77. The number of nitrogens with zero attached hydrogens (tertiary/aromatic N) is 2. The molecule has 0 aliphatic carbocycles. The third-order valence-electron chi connectivity index (χ3n) is 5.77. The van der Waals surface area contributed by atoms with Crippen molar-refractivity contribution in [2.45, 2.75) is 26.2 Å². The molecule has 0 atom stereocenters. The quantitative estimate of drug-likeness (QED) is 0.508. The molecule has 0 saturated carbocycles. The Morgan fingerprint density at radius 2 is 1.71 bits per heavy atom. The maximum Gasteiger partial charge on any atom is 0.226 e. The number of benzene rings is 2. The van der Waals surface area contributed by atoms with Crippen LogP contribution in [0.3, 0.4) is 0 Å². The highest BCUT2D eigenvalue weighted by molar-refractivity contribution is 5.85. The van der Waals surface area contributed by atoms with Gasteiger partial charge in [0.2, 0.25) is 5.89 Å². The van der Waals surface area contributed by atoms with Crippen LogP contribution < -0.4 is 0 Å². The van der Waals surface area contributed by atoms with E-state index >= 15 is 0 Å². The van der Waals surface area contributed by atoms with Crippen LogP contribution in [0.4, 0.5) is 0 Å². The molecule has 3 heterocycles. The van der Waals surface area contributed by atoms with Crippen molar-refractivity contribution in [2.24, 2.45) is 0 Å². The molecule has 2 aromatic heterocycles. The molecule has 1 aliphatic rings. The first-order chi connectivity index (χ1) is 13.8. The number of fused-ring (bicyclic) bond motifs is 1. The largest absolute Gasteiger partial charge is 0.441 e. The molecule has 28 heavy (non-hydrogen) atoms. The van der Waals surface area contributed by atoms with Crippen molar-refractivity contribution in [3.63, 3.8) is 0 Å². The van der Waals surface area contributed by atoms with Gasteiger partial charge in [-0.15, -0.1) is 0 Å². The minimum Gasteiger partial charge on any atom is -0.441 e. The Bertz CT molecular complexity index is 1080. The molecular formula is C24H25N3O. The first-order valence-corrected chi connectivity index (χ1v) is 10.1. The smallest absolute Gasteiger partial charge is 0.226 e. The highest BCUT2D eigenvalue weighted by Crippen LogP contribution is 2.28. The second-order valence-electron chi connectivity index (χ2n) is 7.68. The second-order valence-corrected chi connectivity index (χ2v) is 7.68. The van der Waals surface area contributed by atoms with E-state index in [2.05, 4.69) is 58.4 Å². The molecule has 0 amide bonds. The van der Waals surface area contributed by atoms with Gasteiger partial charge in [0.05, 0.1) is 5.69 Å². The molecule has 142 valence electrons. The fraction of sp³-hybridized carbons (Fsp3) is 0.292. The number of rotatable bonds is 5. The fourth-order valence-electron chi connectivity index (χ4n) is 4.09. The van der Waals surface area contributed by atoms with Crippen LogP contribution in [0.1, 0.15) is 24.3 Å². The van der Waals surface area contributed by atoms with Crippen molar-refractivity contribution in [3.8, 4) is 22.6 Å². The van der Waals surface area contributed by atoms with E-state index in [0.29, 0.717) is 0 Å². The number of aromatic nitrogens is 2. The van der Waals surface area contributed by atoms with Crippen LogP contribution in [0.15, 0.2) is 59.1 Å². The Morgan fingerprint density at radius 1 is 0.964 bits per heavy atom. The second kappa shape index (κ2) is 7.28. The van der Waals surface area contributed by atoms with Crippen LogP contribution >= 0.6 is 0 Å². The highest BCUT2D eigenvalue weighted by Gasteiger charge is 2.15. The van der Waals surface area contributed by atoms with Gasteiger partial charge in [0.25, 0.3) is 0 Å². The average Bonchev–Trinajstić information content (AvgIpc) is 3.47. The van der Waals surface area contributed by atoms with Crippen molar-refractivity contribution in [3.05, 3.63) is 66.2 Å².